The van der Waals surface area contributed by atoms with Crippen LogP contribution in [0.15, 0.2) is 12.1 Å². The number of aromatic amines is 1. The van der Waals surface area contributed by atoms with Crippen LogP contribution in [0.5, 0.6) is 0 Å². The van der Waals surface area contributed by atoms with Crippen LogP contribution in [0.1, 0.15) is 22.4 Å². The maximum Gasteiger partial charge on any atom is 0.0488 e. The average molecular weight is 173 g/mol. The smallest absolute Gasteiger partial charge is 0.0488 e. The summed E-state index contributed by atoms with van der Waals surface area (Å²) >= 11 is 0. The fraction of sp³-hybridized carbons (Fsp3) is 0.333. The molecule has 0 amide bonds. The Hall–Kier alpha value is -1.24. The molecule has 1 heteroatoms. The summed E-state index contributed by atoms with van der Waals surface area (Å²) in [5, 5.41) is 1.37. The molecule has 0 unspecified atom stereocenters. The molecule has 1 aromatic carbocycles. The van der Waals surface area contributed by atoms with Crippen molar-refractivity contribution in [3.05, 3.63) is 34.5 Å². The van der Waals surface area contributed by atoms with Gasteiger partial charge in [0.2, 0.25) is 0 Å². The summed E-state index contributed by atoms with van der Waals surface area (Å²) in [7, 11) is 0. The Balaban J connectivity index is 2.94. The molecule has 0 aliphatic carbocycles. The Morgan fingerprint density at radius 1 is 1.00 bits per heavy atom. The predicted octanol–water partition coefficient (Wildman–Crippen LogP) is 3.40. The van der Waals surface area contributed by atoms with Gasteiger partial charge in [0.1, 0.15) is 0 Å². The number of rotatable bonds is 0. The summed E-state index contributed by atoms with van der Waals surface area (Å²) in [6, 6.07) is 4.47. The molecule has 0 saturated carbocycles. The van der Waals surface area contributed by atoms with Crippen molar-refractivity contribution in [3.8, 4) is 0 Å². The number of aromatic nitrogens is 1. The highest BCUT2D eigenvalue weighted by Gasteiger charge is 2.05. The van der Waals surface area contributed by atoms with Gasteiger partial charge in [-0.1, -0.05) is 11.6 Å². The second-order valence-corrected chi connectivity index (χ2v) is 3.88. The van der Waals surface area contributed by atoms with E-state index in [2.05, 4.69) is 44.8 Å². The average Bonchev–Trinajstić information content (AvgIpc) is 2.32. The zero-order valence-electron chi connectivity index (χ0n) is 8.65. The van der Waals surface area contributed by atoms with Gasteiger partial charge in [-0.3, -0.25) is 0 Å². The van der Waals surface area contributed by atoms with Crippen molar-refractivity contribution < 1.29 is 0 Å². The number of H-pyrrole nitrogens is 1. The lowest BCUT2D eigenvalue weighted by molar-refractivity contribution is 1.25. The molecule has 2 rings (SSSR count). The van der Waals surface area contributed by atoms with Crippen LogP contribution in [-0.2, 0) is 0 Å². The molecule has 0 spiro atoms. The monoisotopic (exact) mass is 173 g/mol. The van der Waals surface area contributed by atoms with Gasteiger partial charge in [0, 0.05) is 16.6 Å². The lowest BCUT2D eigenvalue weighted by Gasteiger charge is -1.99. The summed E-state index contributed by atoms with van der Waals surface area (Å²) in [5.74, 6) is 0. The van der Waals surface area contributed by atoms with E-state index < -0.39 is 0 Å². The van der Waals surface area contributed by atoms with Gasteiger partial charge in [0.25, 0.3) is 0 Å². The highest BCUT2D eigenvalue weighted by molar-refractivity contribution is 5.87. The van der Waals surface area contributed by atoms with Gasteiger partial charge in [0.05, 0.1) is 0 Å². The highest BCUT2D eigenvalue weighted by Crippen LogP contribution is 2.25. The quantitative estimate of drug-likeness (QED) is 0.628. The van der Waals surface area contributed by atoms with Crippen molar-refractivity contribution in [2.45, 2.75) is 27.7 Å². The van der Waals surface area contributed by atoms with Crippen LogP contribution in [0.2, 0.25) is 0 Å². The fourth-order valence-electron chi connectivity index (χ4n) is 1.91. The predicted molar refractivity (Wildman–Crippen MR) is 57.2 cm³/mol. The first-order chi connectivity index (χ1) is 6.09. The maximum absolute atomic E-state index is 3.42. The van der Waals surface area contributed by atoms with Crippen molar-refractivity contribution in [2.75, 3.05) is 0 Å². The molecule has 1 aromatic heterocycles. The lowest BCUT2D eigenvalue weighted by atomic mass is 10.1. The molecular weight excluding hydrogens is 158 g/mol. The molecule has 0 radical (unpaired) electrons. The van der Waals surface area contributed by atoms with Crippen LogP contribution in [0.4, 0.5) is 0 Å². The Bertz CT molecular complexity index is 463. The van der Waals surface area contributed by atoms with Gasteiger partial charge in [0.15, 0.2) is 0 Å². The highest BCUT2D eigenvalue weighted by atomic mass is 14.7. The Labute approximate surface area is 78.8 Å². The van der Waals surface area contributed by atoms with E-state index in [0.717, 1.165) is 0 Å². The largest absolute Gasteiger partial charge is 0.358 e. The van der Waals surface area contributed by atoms with E-state index in [-0.39, 0.29) is 0 Å². The maximum atomic E-state index is 3.42. The first kappa shape index (κ1) is 8.36. The molecule has 0 saturated heterocycles. The van der Waals surface area contributed by atoms with Crippen LogP contribution in [-0.4, -0.2) is 4.98 Å². The van der Waals surface area contributed by atoms with Crippen LogP contribution in [0.25, 0.3) is 10.9 Å². The molecule has 13 heavy (non-hydrogen) atoms. The minimum Gasteiger partial charge on any atom is -0.358 e. The molecule has 0 bridgehead atoms. The van der Waals surface area contributed by atoms with Gasteiger partial charge in [-0.15, -0.1) is 0 Å². The van der Waals surface area contributed by atoms with Crippen LogP contribution >= 0.6 is 0 Å². The first-order valence-electron chi connectivity index (χ1n) is 4.65. The van der Waals surface area contributed by atoms with Crippen molar-refractivity contribution in [2.24, 2.45) is 0 Å². The van der Waals surface area contributed by atoms with Crippen LogP contribution < -0.4 is 0 Å². The summed E-state index contributed by atoms with van der Waals surface area (Å²) in [6.07, 6.45) is 0. The zero-order valence-corrected chi connectivity index (χ0v) is 8.65. The first-order valence-corrected chi connectivity index (χ1v) is 4.65. The Kier molecular flexibility index (Phi) is 1.69. The zero-order chi connectivity index (χ0) is 9.59. The number of benzene rings is 1. The standard InChI is InChI=1S/C12H15N/c1-7-5-8(2)12-11(6-7)9(3)10(4)13-12/h5-6,13H,1-4H3. The minimum absolute atomic E-state index is 1.28. The molecule has 2 aromatic rings. The molecule has 1 N–H and O–H groups in total. The second-order valence-electron chi connectivity index (χ2n) is 3.88. The summed E-state index contributed by atoms with van der Waals surface area (Å²) < 4.78 is 0. The van der Waals surface area contributed by atoms with E-state index in [9.17, 15) is 0 Å². The van der Waals surface area contributed by atoms with Crippen molar-refractivity contribution in [1.29, 1.82) is 0 Å². The van der Waals surface area contributed by atoms with Gasteiger partial charge < -0.3 is 4.98 Å². The van der Waals surface area contributed by atoms with Gasteiger partial charge in [-0.05, 0) is 44.9 Å². The molecule has 0 aliphatic heterocycles. The molecule has 0 fully saturated rings. The molecule has 0 atom stereocenters. The number of fused-ring (bicyclic) bond motifs is 1. The third kappa shape index (κ3) is 1.15. The molecule has 0 aliphatic rings. The lowest BCUT2D eigenvalue weighted by Crippen LogP contribution is -1.79. The van der Waals surface area contributed by atoms with E-state index in [1.54, 1.807) is 0 Å². The van der Waals surface area contributed by atoms with Gasteiger partial charge >= 0.3 is 0 Å². The molecular formula is C12H15N. The SMILES string of the molecule is Cc1cc(C)c2[nH]c(C)c(C)c2c1. The van der Waals surface area contributed by atoms with E-state index >= 15 is 0 Å². The van der Waals surface area contributed by atoms with Crippen molar-refractivity contribution >= 4 is 10.9 Å². The number of hydrogen-bond acceptors (Lipinski definition) is 0. The number of nitrogens with one attached hydrogen (secondary N) is 1. The Morgan fingerprint density at radius 3 is 2.38 bits per heavy atom. The Morgan fingerprint density at radius 2 is 1.69 bits per heavy atom. The summed E-state index contributed by atoms with van der Waals surface area (Å²) in [4.78, 5) is 3.42. The van der Waals surface area contributed by atoms with Crippen LogP contribution in [0.3, 0.4) is 0 Å². The molecule has 68 valence electrons. The van der Waals surface area contributed by atoms with Crippen LogP contribution in [0, 0.1) is 27.7 Å². The second kappa shape index (κ2) is 2.63. The third-order valence-electron chi connectivity index (χ3n) is 2.76. The molecule has 1 heterocycles. The van der Waals surface area contributed by atoms with Gasteiger partial charge in [-0.2, -0.15) is 0 Å². The molecule has 1 nitrogen and oxygen atoms in total. The normalized spacial score (nSPS) is 11.1. The minimum atomic E-state index is 1.28. The van der Waals surface area contributed by atoms with Crippen molar-refractivity contribution in [1.82, 2.24) is 4.98 Å². The van der Waals surface area contributed by atoms with E-state index in [4.69, 9.17) is 0 Å². The number of hydrogen-bond donors (Lipinski definition) is 1. The third-order valence-corrected chi connectivity index (χ3v) is 2.76. The van der Waals surface area contributed by atoms with Gasteiger partial charge in [-0.25, -0.2) is 0 Å². The van der Waals surface area contributed by atoms with E-state index in [1.165, 1.54) is 33.3 Å². The fourth-order valence-corrected chi connectivity index (χ4v) is 1.91. The van der Waals surface area contributed by atoms with Crippen molar-refractivity contribution in [3.63, 3.8) is 0 Å². The topological polar surface area (TPSA) is 15.8 Å². The summed E-state index contributed by atoms with van der Waals surface area (Å²) in [6.45, 7) is 8.61. The summed E-state index contributed by atoms with van der Waals surface area (Å²) in [5.41, 5.74) is 6.63. The van der Waals surface area contributed by atoms with E-state index in [0.29, 0.717) is 0 Å². The number of aryl methyl sites for hydroxylation is 4. The van der Waals surface area contributed by atoms with E-state index in [1.807, 2.05) is 0 Å².